The quantitative estimate of drug-likeness (QED) is 0.850. The van der Waals surface area contributed by atoms with Crippen molar-refractivity contribution >= 4 is 18.3 Å². The van der Waals surface area contributed by atoms with E-state index < -0.39 is 0 Å². The van der Waals surface area contributed by atoms with Gasteiger partial charge in [-0.15, -0.1) is 12.4 Å². The fourth-order valence-corrected chi connectivity index (χ4v) is 2.34. The van der Waals surface area contributed by atoms with Crippen LogP contribution in [0.4, 0.5) is 0 Å². The molecule has 118 valence electrons. The maximum Gasteiger partial charge on any atom is 0.254 e. The van der Waals surface area contributed by atoms with E-state index in [1.807, 2.05) is 29.2 Å². The summed E-state index contributed by atoms with van der Waals surface area (Å²) in [7, 11) is 0. The Kier molecular flexibility index (Phi) is 7.54. The highest BCUT2D eigenvalue weighted by Gasteiger charge is 2.23. The number of halogens is 1. The summed E-state index contributed by atoms with van der Waals surface area (Å²) in [5.41, 5.74) is 0.738. The normalized spacial score (nSPS) is 18.0. The number of benzene rings is 1. The van der Waals surface area contributed by atoms with Crippen molar-refractivity contribution < 1.29 is 9.53 Å². The number of carbonyl (C=O) groups excluding carboxylic acids is 1. The Hall–Kier alpha value is -1.26. The lowest BCUT2D eigenvalue weighted by molar-refractivity contribution is 0.0655. The monoisotopic (exact) mass is 312 g/mol. The Morgan fingerprint density at radius 2 is 2.10 bits per heavy atom. The Balaban J connectivity index is 0.00000220. The lowest BCUT2D eigenvalue weighted by atomic mass is 10.1. The molecule has 0 aliphatic carbocycles. The van der Waals surface area contributed by atoms with E-state index in [1.54, 1.807) is 0 Å². The third kappa shape index (κ3) is 4.90. The molecule has 1 N–H and O–H groups in total. The van der Waals surface area contributed by atoms with Gasteiger partial charge in [0.2, 0.25) is 0 Å². The molecule has 1 saturated heterocycles. The number of unbranched alkanes of at least 4 members (excludes halogenated alkanes) is 1. The molecule has 1 aromatic carbocycles. The van der Waals surface area contributed by atoms with Gasteiger partial charge in [-0.25, -0.2) is 0 Å². The molecule has 0 saturated carbocycles. The zero-order valence-electron chi connectivity index (χ0n) is 12.8. The van der Waals surface area contributed by atoms with Crippen LogP contribution in [0, 0.1) is 0 Å². The van der Waals surface area contributed by atoms with E-state index in [4.69, 9.17) is 4.74 Å². The minimum atomic E-state index is 0. The predicted octanol–water partition coefficient (Wildman–Crippen LogP) is 2.72. The maximum absolute atomic E-state index is 12.4. The van der Waals surface area contributed by atoms with Crippen LogP contribution in [-0.4, -0.2) is 43.1 Å². The van der Waals surface area contributed by atoms with Gasteiger partial charge in [-0.05, 0) is 37.6 Å². The van der Waals surface area contributed by atoms with Gasteiger partial charge in [-0.3, -0.25) is 4.79 Å². The number of amides is 1. The molecule has 2 rings (SSSR count). The Morgan fingerprint density at radius 3 is 2.71 bits per heavy atom. The zero-order chi connectivity index (χ0) is 14.4. The lowest BCUT2D eigenvalue weighted by Gasteiger charge is -2.34. The highest BCUT2D eigenvalue weighted by molar-refractivity contribution is 5.94. The predicted molar refractivity (Wildman–Crippen MR) is 87.5 cm³/mol. The molecule has 1 aliphatic rings. The van der Waals surface area contributed by atoms with Gasteiger partial charge in [0.1, 0.15) is 5.75 Å². The third-order valence-corrected chi connectivity index (χ3v) is 3.63. The lowest BCUT2D eigenvalue weighted by Crippen LogP contribution is -2.52. The fraction of sp³-hybridized carbons (Fsp3) is 0.562. The number of hydrogen-bond donors (Lipinski definition) is 1. The van der Waals surface area contributed by atoms with Gasteiger partial charge in [0.25, 0.3) is 5.91 Å². The molecule has 1 fully saturated rings. The Bertz CT molecular complexity index is 436. The summed E-state index contributed by atoms with van der Waals surface area (Å²) >= 11 is 0. The second-order valence-electron chi connectivity index (χ2n) is 5.28. The second-order valence-corrected chi connectivity index (χ2v) is 5.28. The van der Waals surface area contributed by atoms with Crippen LogP contribution < -0.4 is 10.1 Å². The van der Waals surface area contributed by atoms with Gasteiger partial charge in [0.05, 0.1) is 6.61 Å². The molecule has 0 aromatic heterocycles. The van der Waals surface area contributed by atoms with Gasteiger partial charge >= 0.3 is 0 Å². The molecule has 0 spiro atoms. The fourth-order valence-electron chi connectivity index (χ4n) is 2.34. The molecule has 1 unspecified atom stereocenters. The SMILES string of the molecule is CCCCOc1ccc(C(=O)N2CCNCC2C)cc1.Cl. The molecule has 0 radical (unpaired) electrons. The Morgan fingerprint density at radius 1 is 1.38 bits per heavy atom. The number of ether oxygens (including phenoxy) is 1. The molecule has 4 nitrogen and oxygen atoms in total. The summed E-state index contributed by atoms with van der Waals surface area (Å²) in [5.74, 6) is 0.947. The average molecular weight is 313 g/mol. The summed E-state index contributed by atoms with van der Waals surface area (Å²) in [6.07, 6.45) is 2.18. The summed E-state index contributed by atoms with van der Waals surface area (Å²) in [6.45, 7) is 7.46. The van der Waals surface area contributed by atoms with E-state index in [1.165, 1.54) is 0 Å². The zero-order valence-corrected chi connectivity index (χ0v) is 13.6. The molecule has 0 bridgehead atoms. The minimum Gasteiger partial charge on any atom is -0.494 e. The van der Waals surface area contributed by atoms with E-state index in [0.29, 0.717) is 0 Å². The first kappa shape index (κ1) is 17.8. The molecule has 21 heavy (non-hydrogen) atoms. The van der Waals surface area contributed by atoms with Crippen LogP contribution >= 0.6 is 12.4 Å². The standard InChI is InChI=1S/C16H24N2O2.ClH/c1-3-4-11-20-15-7-5-14(6-8-15)16(19)18-10-9-17-12-13(18)2;/h5-8,13,17H,3-4,9-12H2,1-2H3;1H. The molecule has 5 heteroatoms. The van der Waals surface area contributed by atoms with Crippen molar-refractivity contribution in [3.63, 3.8) is 0 Å². The van der Waals surface area contributed by atoms with Crippen LogP contribution in [0.5, 0.6) is 5.75 Å². The van der Waals surface area contributed by atoms with Crippen LogP contribution in [0.15, 0.2) is 24.3 Å². The molecule has 1 atom stereocenters. The van der Waals surface area contributed by atoms with Crippen molar-refractivity contribution in [1.82, 2.24) is 10.2 Å². The largest absolute Gasteiger partial charge is 0.494 e. The van der Waals surface area contributed by atoms with E-state index in [0.717, 1.165) is 50.4 Å². The minimum absolute atomic E-state index is 0. The number of nitrogens with one attached hydrogen (secondary N) is 1. The van der Waals surface area contributed by atoms with Gasteiger partial charge in [-0.1, -0.05) is 13.3 Å². The first-order chi connectivity index (χ1) is 9.72. The van der Waals surface area contributed by atoms with Crippen LogP contribution in [0.25, 0.3) is 0 Å². The molecule has 1 amide bonds. The van der Waals surface area contributed by atoms with E-state index >= 15 is 0 Å². The highest BCUT2D eigenvalue weighted by Crippen LogP contribution is 2.16. The molecule has 1 aliphatic heterocycles. The topological polar surface area (TPSA) is 41.6 Å². The van der Waals surface area contributed by atoms with Crippen molar-refractivity contribution in [2.75, 3.05) is 26.2 Å². The summed E-state index contributed by atoms with van der Waals surface area (Å²) < 4.78 is 5.61. The summed E-state index contributed by atoms with van der Waals surface area (Å²) in [6, 6.07) is 7.74. The summed E-state index contributed by atoms with van der Waals surface area (Å²) in [4.78, 5) is 14.4. The Labute approximate surface area is 133 Å². The number of rotatable bonds is 5. The first-order valence-corrected chi connectivity index (χ1v) is 7.47. The molecule has 1 heterocycles. The van der Waals surface area contributed by atoms with Crippen molar-refractivity contribution in [2.45, 2.75) is 32.7 Å². The first-order valence-electron chi connectivity index (χ1n) is 7.47. The van der Waals surface area contributed by atoms with Crippen LogP contribution in [0.3, 0.4) is 0 Å². The van der Waals surface area contributed by atoms with E-state index in [2.05, 4.69) is 19.2 Å². The summed E-state index contributed by atoms with van der Waals surface area (Å²) in [5, 5.41) is 3.29. The second kappa shape index (κ2) is 8.90. The number of piperazine rings is 1. The van der Waals surface area contributed by atoms with Crippen LogP contribution in [0.1, 0.15) is 37.0 Å². The number of hydrogen-bond acceptors (Lipinski definition) is 3. The molecular weight excluding hydrogens is 288 g/mol. The molecule has 1 aromatic rings. The van der Waals surface area contributed by atoms with Gasteiger partial charge in [0.15, 0.2) is 0 Å². The maximum atomic E-state index is 12.4. The van der Waals surface area contributed by atoms with Crippen molar-refractivity contribution in [3.05, 3.63) is 29.8 Å². The van der Waals surface area contributed by atoms with Crippen molar-refractivity contribution in [2.24, 2.45) is 0 Å². The highest BCUT2D eigenvalue weighted by atomic mass is 35.5. The number of carbonyl (C=O) groups is 1. The van der Waals surface area contributed by atoms with Crippen LogP contribution in [-0.2, 0) is 0 Å². The van der Waals surface area contributed by atoms with E-state index in [-0.39, 0.29) is 24.4 Å². The molecular formula is C16H25ClN2O2. The van der Waals surface area contributed by atoms with Crippen molar-refractivity contribution in [1.29, 1.82) is 0 Å². The number of nitrogens with zero attached hydrogens (tertiary/aromatic N) is 1. The average Bonchev–Trinajstić information content (AvgIpc) is 2.48. The van der Waals surface area contributed by atoms with Crippen LogP contribution in [0.2, 0.25) is 0 Å². The van der Waals surface area contributed by atoms with Gasteiger partial charge < -0.3 is 15.0 Å². The smallest absolute Gasteiger partial charge is 0.254 e. The van der Waals surface area contributed by atoms with E-state index in [9.17, 15) is 4.79 Å². The van der Waals surface area contributed by atoms with Gasteiger partial charge in [-0.2, -0.15) is 0 Å². The third-order valence-electron chi connectivity index (χ3n) is 3.63. The van der Waals surface area contributed by atoms with Gasteiger partial charge in [0, 0.05) is 31.2 Å². The van der Waals surface area contributed by atoms with Crippen molar-refractivity contribution in [3.8, 4) is 5.75 Å².